The lowest BCUT2D eigenvalue weighted by Gasteiger charge is -2.31. The van der Waals surface area contributed by atoms with E-state index in [1.807, 2.05) is 50.5 Å². The summed E-state index contributed by atoms with van der Waals surface area (Å²) in [7, 11) is 0.640. The lowest BCUT2D eigenvalue weighted by Crippen LogP contribution is -2.38. The van der Waals surface area contributed by atoms with Gasteiger partial charge in [-0.1, -0.05) is 60.7 Å². The van der Waals surface area contributed by atoms with E-state index in [-0.39, 0.29) is 11.8 Å². The van der Waals surface area contributed by atoms with Crippen LogP contribution in [0.2, 0.25) is 0 Å². The second-order valence-electron chi connectivity index (χ2n) is 8.48. The van der Waals surface area contributed by atoms with Gasteiger partial charge in [0.05, 0.1) is 11.8 Å². The molecule has 0 spiro atoms. The predicted molar refractivity (Wildman–Crippen MR) is 133 cm³/mol. The van der Waals surface area contributed by atoms with Crippen LogP contribution in [0, 0.1) is 0 Å². The number of aryl methyl sites for hydroxylation is 1. The van der Waals surface area contributed by atoms with E-state index >= 15 is 0 Å². The van der Waals surface area contributed by atoms with E-state index in [1.165, 1.54) is 11.3 Å². The summed E-state index contributed by atoms with van der Waals surface area (Å²) in [6.07, 6.45) is 1.48. The highest BCUT2D eigenvalue weighted by molar-refractivity contribution is 7.89. The van der Waals surface area contributed by atoms with Crippen molar-refractivity contribution in [3.8, 4) is 0 Å². The lowest BCUT2D eigenvalue weighted by molar-refractivity contribution is 0.562. The molecule has 0 aromatic heterocycles. The first-order valence-electron chi connectivity index (χ1n) is 11.1. The molecule has 1 atom stereocenters. The largest absolute Gasteiger partial charge is 0.378 e. The summed E-state index contributed by atoms with van der Waals surface area (Å²) in [5.41, 5.74) is 5.77. The number of rotatable bonds is 9. The van der Waals surface area contributed by atoms with Crippen LogP contribution in [0.1, 0.15) is 22.7 Å². The van der Waals surface area contributed by atoms with Gasteiger partial charge in [0.1, 0.15) is 0 Å². The van der Waals surface area contributed by atoms with Gasteiger partial charge in [0, 0.05) is 38.6 Å². The van der Waals surface area contributed by atoms with E-state index in [9.17, 15) is 8.42 Å². The van der Waals surface area contributed by atoms with Crippen LogP contribution in [0.3, 0.4) is 0 Å². The van der Waals surface area contributed by atoms with Crippen molar-refractivity contribution in [2.45, 2.75) is 18.9 Å². The van der Waals surface area contributed by atoms with Gasteiger partial charge in [-0.15, -0.1) is 0 Å². The Morgan fingerprint density at radius 2 is 1.62 bits per heavy atom. The summed E-state index contributed by atoms with van der Waals surface area (Å²) in [5.74, 6) is 0.0832. The molecule has 1 aliphatic rings. The van der Waals surface area contributed by atoms with Gasteiger partial charge in [0.15, 0.2) is 0 Å². The molecular formula is C26H31N3O2S. The second-order valence-corrected chi connectivity index (χ2v) is 10.4. The lowest BCUT2D eigenvalue weighted by atomic mass is 10.0. The molecule has 0 aliphatic carbocycles. The fraction of sp³-hybridized carbons (Fsp3) is 0.308. The Labute approximate surface area is 191 Å². The summed E-state index contributed by atoms with van der Waals surface area (Å²) >= 11 is 0. The maximum atomic E-state index is 12.8. The van der Waals surface area contributed by atoms with Crippen molar-refractivity contribution < 1.29 is 8.42 Å². The number of para-hydroxylation sites is 1. The van der Waals surface area contributed by atoms with Gasteiger partial charge in [-0.05, 0) is 47.7 Å². The first kappa shape index (κ1) is 22.4. The minimum atomic E-state index is -3.40. The van der Waals surface area contributed by atoms with Crippen molar-refractivity contribution in [2.24, 2.45) is 0 Å². The zero-order valence-corrected chi connectivity index (χ0v) is 19.6. The molecule has 3 aromatic carbocycles. The van der Waals surface area contributed by atoms with Crippen LogP contribution in [0.15, 0.2) is 78.9 Å². The molecule has 3 aromatic rings. The molecule has 0 saturated heterocycles. The first-order chi connectivity index (χ1) is 15.4. The summed E-state index contributed by atoms with van der Waals surface area (Å²) in [6, 6.07) is 26.5. The minimum absolute atomic E-state index is 0.0682. The van der Waals surface area contributed by atoms with Gasteiger partial charge in [0.2, 0.25) is 10.0 Å². The number of benzene rings is 3. The van der Waals surface area contributed by atoms with Crippen molar-refractivity contribution in [1.82, 2.24) is 4.72 Å². The highest BCUT2D eigenvalue weighted by Gasteiger charge is 2.28. The van der Waals surface area contributed by atoms with Crippen molar-refractivity contribution in [3.63, 3.8) is 0 Å². The Balaban J connectivity index is 1.53. The van der Waals surface area contributed by atoms with Crippen LogP contribution < -0.4 is 14.5 Å². The molecule has 5 nitrogen and oxygen atoms in total. The summed E-state index contributed by atoms with van der Waals surface area (Å²) in [4.78, 5) is 4.40. The molecule has 1 heterocycles. The average molecular weight is 450 g/mol. The van der Waals surface area contributed by atoms with Crippen LogP contribution >= 0.6 is 0 Å². The number of anilines is 2. The summed E-state index contributed by atoms with van der Waals surface area (Å²) < 4.78 is 28.5. The van der Waals surface area contributed by atoms with Gasteiger partial charge >= 0.3 is 0 Å². The van der Waals surface area contributed by atoms with Crippen molar-refractivity contribution in [1.29, 1.82) is 0 Å². The van der Waals surface area contributed by atoms with E-state index < -0.39 is 10.0 Å². The highest BCUT2D eigenvalue weighted by atomic mass is 32.2. The van der Waals surface area contributed by atoms with Crippen molar-refractivity contribution >= 4 is 21.4 Å². The number of hydrogen-bond donors (Lipinski definition) is 1. The number of sulfonamides is 1. The number of nitrogens with one attached hydrogen (secondary N) is 1. The monoisotopic (exact) mass is 449 g/mol. The highest BCUT2D eigenvalue weighted by Crippen LogP contribution is 2.35. The third-order valence-electron chi connectivity index (χ3n) is 6.09. The predicted octanol–water partition coefficient (Wildman–Crippen LogP) is 4.02. The molecule has 168 valence electrons. The smallest absolute Gasteiger partial charge is 0.212 e. The summed E-state index contributed by atoms with van der Waals surface area (Å²) in [6.45, 7) is 1.22. The topological polar surface area (TPSA) is 52.7 Å². The van der Waals surface area contributed by atoms with Crippen molar-refractivity contribution in [2.75, 3.05) is 42.7 Å². The molecule has 0 amide bonds. The normalized spacial score (nSPS) is 14.2. The molecule has 1 aliphatic heterocycles. The molecule has 1 unspecified atom stereocenters. The standard InChI is InChI=1S/C26H31N3O2S/c1-28(2)24-14-12-23(13-15-24)26(29-18-16-22-10-6-7-11-25(22)29)20-27-32(30,31)19-17-21-8-4-3-5-9-21/h3-15,26-27H,16-20H2,1-2H3. The Bertz CT molecular complexity index is 1130. The first-order valence-corrected chi connectivity index (χ1v) is 12.7. The quantitative estimate of drug-likeness (QED) is 0.536. The second kappa shape index (κ2) is 9.76. The maximum absolute atomic E-state index is 12.8. The Hall–Kier alpha value is -2.83. The van der Waals surface area contributed by atoms with E-state index in [0.29, 0.717) is 13.0 Å². The molecular weight excluding hydrogens is 418 g/mol. The molecule has 0 bridgehead atoms. The molecule has 4 rings (SSSR count). The Kier molecular flexibility index (Phi) is 6.82. The van der Waals surface area contributed by atoms with Crippen molar-refractivity contribution in [3.05, 3.63) is 95.6 Å². The number of nitrogens with zero attached hydrogens (tertiary/aromatic N) is 2. The fourth-order valence-electron chi connectivity index (χ4n) is 4.27. The molecule has 1 N–H and O–H groups in total. The average Bonchev–Trinajstić information content (AvgIpc) is 3.23. The molecule has 6 heteroatoms. The minimum Gasteiger partial charge on any atom is -0.378 e. The molecule has 0 saturated carbocycles. The van der Waals surface area contributed by atoms with Gasteiger partial charge in [-0.2, -0.15) is 0 Å². The fourth-order valence-corrected chi connectivity index (χ4v) is 5.33. The van der Waals surface area contributed by atoms with Crippen LogP contribution in [0.5, 0.6) is 0 Å². The third-order valence-corrected chi connectivity index (χ3v) is 7.44. The van der Waals surface area contributed by atoms with E-state index in [0.717, 1.165) is 29.8 Å². The zero-order chi connectivity index (χ0) is 22.6. The third kappa shape index (κ3) is 5.31. The van der Waals surface area contributed by atoms with Gasteiger partial charge in [0.25, 0.3) is 0 Å². The zero-order valence-electron chi connectivity index (χ0n) is 18.7. The summed E-state index contributed by atoms with van der Waals surface area (Å²) in [5, 5.41) is 0. The Morgan fingerprint density at radius 1 is 0.938 bits per heavy atom. The SMILES string of the molecule is CN(C)c1ccc(C(CNS(=O)(=O)CCc2ccccc2)N2CCc3ccccc32)cc1. The molecule has 0 radical (unpaired) electrons. The van der Waals surface area contributed by atoms with E-state index in [2.05, 4.69) is 57.0 Å². The van der Waals surface area contributed by atoms with Gasteiger partial charge < -0.3 is 9.80 Å². The van der Waals surface area contributed by atoms with Crippen LogP contribution in [-0.4, -0.2) is 41.4 Å². The van der Waals surface area contributed by atoms with Crippen LogP contribution in [0.25, 0.3) is 0 Å². The number of hydrogen-bond acceptors (Lipinski definition) is 4. The molecule has 0 fully saturated rings. The Morgan fingerprint density at radius 3 is 2.34 bits per heavy atom. The van der Waals surface area contributed by atoms with Crippen LogP contribution in [-0.2, 0) is 22.9 Å². The van der Waals surface area contributed by atoms with Crippen LogP contribution in [0.4, 0.5) is 11.4 Å². The maximum Gasteiger partial charge on any atom is 0.212 e. The molecule has 32 heavy (non-hydrogen) atoms. The van der Waals surface area contributed by atoms with Gasteiger partial charge in [-0.3, -0.25) is 0 Å². The van der Waals surface area contributed by atoms with E-state index in [4.69, 9.17) is 0 Å². The van der Waals surface area contributed by atoms with Gasteiger partial charge in [-0.25, -0.2) is 13.1 Å². The van der Waals surface area contributed by atoms with E-state index in [1.54, 1.807) is 0 Å². The number of fused-ring (bicyclic) bond motifs is 1.